The average molecular weight is 368 g/mol. The van der Waals surface area contributed by atoms with E-state index in [1.807, 2.05) is 25.1 Å². The minimum absolute atomic E-state index is 0.226. The number of benzene rings is 2. The minimum Gasteiger partial charge on any atom is -0.308 e. The van der Waals surface area contributed by atoms with Gasteiger partial charge in [-0.05, 0) is 50.5 Å². The number of nitriles is 1. The number of para-hydroxylation sites is 1. The zero-order valence-corrected chi connectivity index (χ0v) is 15.3. The molecule has 2 aromatic carbocycles. The van der Waals surface area contributed by atoms with E-state index in [0.717, 1.165) is 0 Å². The summed E-state index contributed by atoms with van der Waals surface area (Å²) in [6.07, 6.45) is 0. The maximum absolute atomic E-state index is 14.0. The molecule has 0 spiro atoms. The molecule has 0 radical (unpaired) electrons. The molecule has 0 bridgehead atoms. The van der Waals surface area contributed by atoms with E-state index in [1.165, 1.54) is 17.4 Å². The van der Waals surface area contributed by atoms with Gasteiger partial charge in [-0.15, -0.1) is 0 Å². The van der Waals surface area contributed by atoms with Crippen LogP contribution < -0.4 is 4.90 Å². The molecule has 1 amide bonds. The number of hydrogen-bond donors (Lipinski definition) is 0. The molecular weight excluding hydrogens is 351 g/mol. The number of fused-ring (bicyclic) bond motifs is 1. The van der Waals surface area contributed by atoms with Gasteiger partial charge < -0.3 is 4.90 Å². The monoisotopic (exact) mass is 368 g/mol. The summed E-state index contributed by atoms with van der Waals surface area (Å²) in [5, 5.41) is 9.37. The molecule has 0 aliphatic heterocycles. The zero-order chi connectivity index (χ0) is 18.7. The minimum atomic E-state index is -0.400. The van der Waals surface area contributed by atoms with E-state index < -0.39 is 5.82 Å². The summed E-state index contributed by atoms with van der Waals surface area (Å²) >= 11 is 1.28. The normalized spacial score (nSPS) is 10.9. The zero-order valence-electron chi connectivity index (χ0n) is 14.4. The van der Waals surface area contributed by atoms with Crippen LogP contribution in [-0.4, -0.2) is 43.0 Å². The Hall–Kier alpha value is -2.82. The smallest absolute Gasteiger partial charge is 0.260 e. The van der Waals surface area contributed by atoms with Gasteiger partial charge in [-0.3, -0.25) is 9.69 Å². The molecule has 7 heteroatoms. The van der Waals surface area contributed by atoms with Crippen molar-refractivity contribution in [2.75, 3.05) is 32.1 Å². The third-order valence-corrected chi connectivity index (χ3v) is 4.91. The molecule has 26 heavy (non-hydrogen) atoms. The lowest BCUT2D eigenvalue weighted by molar-refractivity contribution is 0.0985. The van der Waals surface area contributed by atoms with E-state index in [2.05, 4.69) is 4.98 Å². The lowest BCUT2D eigenvalue weighted by atomic mass is 10.1. The van der Waals surface area contributed by atoms with Crippen molar-refractivity contribution < 1.29 is 9.18 Å². The number of carbonyl (C=O) groups is 1. The topological polar surface area (TPSA) is 60.2 Å². The molecule has 5 nitrogen and oxygen atoms in total. The molecule has 0 aliphatic rings. The summed E-state index contributed by atoms with van der Waals surface area (Å²) in [6.45, 7) is 1.06. The van der Waals surface area contributed by atoms with E-state index in [-0.39, 0.29) is 11.4 Å². The first kappa shape index (κ1) is 18.0. The van der Waals surface area contributed by atoms with Crippen LogP contribution in [0.4, 0.5) is 9.52 Å². The number of thiazole rings is 1. The fourth-order valence-corrected chi connectivity index (χ4v) is 3.45. The van der Waals surface area contributed by atoms with Crippen molar-refractivity contribution in [3.05, 3.63) is 59.4 Å². The van der Waals surface area contributed by atoms with Crippen molar-refractivity contribution in [2.45, 2.75) is 0 Å². The predicted molar refractivity (Wildman–Crippen MR) is 101 cm³/mol. The maximum atomic E-state index is 14.0. The van der Waals surface area contributed by atoms with Crippen LogP contribution in [0.1, 0.15) is 15.9 Å². The Bertz CT molecular complexity index is 975. The molecule has 1 aromatic heterocycles. The number of amides is 1. The van der Waals surface area contributed by atoms with Crippen LogP contribution >= 0.6 is 11.3 Å². The van der Waals surface area contributed by atoms with Crippen LogP contribution in [0.3, 0.4) is 0 Å². The molecular formula is C19H17FN4OS. The van der Waals surface area contributed by atoms with Crippen LogP contribution in [0.15, 0.2) is 42.5 Å². The highest BCUT2D eigenvalue weighted by Crippen LogP contribution is 2.31. The third kappa shape index (κ3) is 3.72. The molecule has 0 saturated carbocycles. The van der Waals surface area contributed by atoms with E-state index in [0.29, 0.717) is 34.0 Å². The van der Waals surface area contributed by atoms with Crippen molar-refractivity contribution in [3.63, 3.8) is 0 Å². The van der Waals surface area contributed by atoms with Crippen LogP contribution in [-0.2, 0) is 0 Å². The molecule has 0 unspecified atom stereocenters. The lowest BCUT2D eigenvalue weighted by Gasteiger charge is -2.22. The Labute approximate surface area is 154 Å². The number of anilines is 1. The Balaban J connectivity index is 1.98. The van der Waals surface area contributed by atoms with Gasteiger partial charge in [0.25, 0.3) is 5.91 Å². The van der Waals surface area contributed by atoms with Crippen LogP contribution in [0, 0.1) is 17.1 Å². The average Bonchev–Trinajstić information content (AvgIpc) is 3.07. The van der Waals surface area contributed by atoms with Gasteiger partial charge >= 0.3 is 0 Å². The highest BCUT2D eigenvalue weighted by molar-refractivity contribution is 7.22. The Morgan fingerprint density at radius 3 is 2.54 bits per heavy atom. The molecule has 3 aromatic rings. The Kier molecular flexibility index (Phi) is 5.26. The second kappa shape index (κ2) is 7.60. The van der Waals surface area contributed by atoms with Gasteiger partial charge in [-0.2, -0.15) is 5.26 Å². The molecule has 0 atom stereocenters. The van der Waals surface area contributed by atoms with Gasteiger partial charge in [0.05, 0.1) is 16.3 Å². The van der Waals surface area contributed by atoms with Gasteiger partial charge in [0.1, 0.15) is 11.3 Å². The SMILES string of the molecule is CN(C)CCN(C(=O)c1ccc(C#N)cc1)c1nc2c(F)cccc2s1. The largest absolute Gasteiger partial charge is 0.308 e. The van der Waals surface area contributed by atoms with E-state index in [1.54, 1.807) is 41.3 Å². The van der Waals surface area contributed by atoms with Crippen LogP contribution in [0.25, 0.3) is 10.2 Å². The molecule has 0 N–H and O–H groups in total. The summed E-state index contributed by atoms with van der Waals surface area (Å²) in [5.41, 5.74) is 1.22. The van der Waals surface area contributed by atoms with Gasteiger partial charge in [-0.1, -0.05) is 17.4 Å². The summed E-state index contributed by atoms with van der Waals surface area (Å²) in [7, 11) is 3.84. The van der Waals surface area contributed by atoms with Crippen molar-refractivity contribution in [1.29, 1.82) is 5.26 Å². The molecule has 0 fully saturated rings. The van der Waals surface area contributed by atoms with Gasteiger partial charge in [0, 0.05) is 18.7 Å². The number of nitrogens with zero attached hydrogens (tertiary/aromatic N) is 4. The molecule has 132 valence electrons. The third-order valence-electron chi connectivity index (χ3n) is 3.87. The van der Waals surface area contributed by atoms with E-state index in [9.17, 15) is 9.18 Å². The number of aromatic nitrogens is 1. The van der Waals surface area contributed by atoms with E-state index in [4.69, 9.17) is 5.26 Å². The number of likely N-dealkylation sites (N-methyl/N-ethyl adjacent to an activating group) is 1. The quantitative estimate of drug-likeness (QED) is 0.691. The number of rotatable bonds is 5. The van der Waals surface area contributed by atoms with Crippen molar-refractivity contribution >= 4 is 32.6 Å². The number of carbonyl (C=O) groups excluding carboxylic acids is 1. The number of halogens is 1. The van der Waals surface area contributed by atoms with Gasteiger partial charge in [0.15, 0.2) is 5.13 Å². The first-order valence-corrected chi connectivity index (χ1v) is 8.83. The lowest BCUT2D eigenvalue weighted by Crippen LogP contribution is -2.36. The highest BCUT2D eigenvalue weighted by Gasteiger charge is 2.22. The predicted octanol–water partition coefficient (Wildman–Crippen LogP) is 3.52. The van der Waals surface area contributed by atoms with Crippen molar-refractivity contribution in [1.82, 2.24) is 9.88 Å². The standard InChI is InChI=1S/C19H17FN4OS/c1-23(2)10-11-24(18(25)14-8-6-13(12-21)7-9-14)19-22-17-15(20)4-3-5-16(17)26-19/h3-9H,10-11H2,1-2H3. The fraction of sp³-hybridized carbons (Fsp3) is 0.211. The highest BCUT2D eigenvalue weighted by atomic mass is 32.1. The molecule has 1 heterocycles. The first-order valence-electron chi connectivity index (χ1n) is 8.01. The summed E-state index contributed by atoms with van der Waals surface area (Å²) in [4.78, 5) is 20.9. The van der Waals surface area contributed by atoms with Crippen LogP contribution in [0.2, 0.25) is 0 Å². The first-order chi connectivity index (χ1) is 12.5. The Morgan fingerprint density at radius 1 is 1.19 bits per heavy atom. The fourth-order valence-electron chi connectivity index (χ4n) is 2.45. The maximum Gasteiger partial charge on any atom is 0.260 e. The van der Waals surface area contributed by atoms with Gasteiger partial charge in [0.2, 0.25) is 0 Å². The summed E-state index contributed by atoms with van der Waals surface area (Å²) in [6, 6.07) is 13.3. The second-order valence-electron chi connectivity index (χ2n) is 6.03. The Morgan fingerprint density at radius 2 is 1.92 bits per heavy atom. The molecule has 0 aliphatic carbocycles. The molecule has 0 saturated heterocycles. The van der Waals surface area contributed by atoms with Crippen molar-refractivity contribution in [3.8, 4) is 6.07 Å². The van der Waals surface area contributed by atoms with Crippen LogP contribution in [0.5, 0.6) is 0 Å². The second-order valence-corrected chi connectivity index (χ2v) is 7.04. The van der Waals surface area contributed by atoms with Gasteiger partial charge in [-0.25, -0.2) is 9.37 Å². The van der Waals surface area contributed by atoms with Crippen molar-refractivity contribution in [2.24, 2.45) is 0 Å². The number of hydrogen-bond acceptors (Lipinski definition) is 5. The summed E-state index contributed by atoms with van der Waals surface area (Å²) in [5.74, 6) is -0.626. The van der Waals surface area contributed by atoms with E-state index >= 15 is 0 Å². The molecule has 3 rings (SSSR count). The summed E-state index contributed by atoms with van der Waals surface area (Å²) < 4.78 is 14.7.